The molecule has 1 heterocycles. The average molecular weight is 312 g/mol. The van der Waals surface area contributed by atoms with Crippen molar-refractivity contribution < 1.29 is 4.39 Å². The van der Waals surface area contributed by atoms with Crippen LogP contribution in [0.15, 0.2) is 42.5 Å². The average Bonchev–Trinajstić information content (AvgIpc) is 2.50. The molecule has 2 atom stereocenters. The minimum Gasteiger partial charge on any atom is -0.327 e. The summed E-state index contributed by atoms with van der Waals surface area (Å²) in [5.41, 5.74) is 11.3. The number of hydrogen-bond acceptors (Lipinski definition) is 2. The fourth-order valence-electron chi connectivity index (χ4n) is 3.63. The van der Waals surface area contributed by atoms with Gasteiger partial charge in [-0.2, -0.15) is 0 Å². The van der Waals surface area contributed by atoms with E-state index in [0.717, 1.165) is 31.6 Å². The molecule has 1 fully saturated rings. The summed E-state index contributed by atoms with van der Waals surface area (Å²) in [5, 5.41) is 0. The highest BCUT2D eigenvalue weighted by Crippen LogP contribution is 2.28. The Kier molecular flexibility index (Phi) is 4.79. The summed E-state index contributed by atoms with van der Waals surface area (Å²) in [6, 6.07) is 13.7. The van der Waals surface area contributed by atoms with Crippen molar-refractivity contribution >= 4 is 0 Å². The van der Waals surface area contributed by atoms with Crippen LogP contribution in [0.5, 0.6) is 0 Å². The van der Waals surface area contributed by atoms with E-state index < -0.39 is 0 Å². The molecule has 3 rings (SSSR count). The van der Waals surface area contributed by atoms with Crippen LogP contribution in [0.3, 0.4) is 0 Å². The zero-order valence-electron chi connectivity index (χ0n) is 13.9. The summed E-state index contributed by atoms with van der Waals surface area (Å²) in [5.74, 6) is 0.141. The minimum atomic E-state index is -0.164. The highest BCUT2D eigenvalue weighted by molar-refractivity contribution is 5.30. The third kappa shape index (κ3) is 3.98. The van der Waals surface area contributed by atoms with E-state index >= 15 is 0 Å². The van der Waals surface area contributed by atoms with Gasteiger partial charge in [0.1, 0.15) is 5.82 Å². The van der Waals surface area contributed by atoms with E-state index in [1.54, 1.807) is 12.1 Å². The van der Waals surface area contributed by atoms with Gasteiger partial charge < -0.3 is 5.73 Å². The number of aryl methyl sites for hydroxylation is 2. The zero-order chi connectivity index (χ0) is 16.4. The SMILES string of the molecule is Cc1ccc(CN2CC(N)CC(c3cccc(F)c3)C2)c(C)c1. The van der Waals surface area contributed by atoms with Gasteiger partial charge in [0.25, 0.3) is 0 Å². The Hall–Kier alpha value is -1.71. The van der Waals surface area contributed by atoms with Gasteiger partial charge in [-0.3, -0.25) is 4.90 Å². The molecule has 0 saturated carbocycles. The molecule has 2 N–H and O–H groups in total. The van der Waals surface area contributed by atoms with Crippen molar-refractivity contribution in [1.29, 1.82) is 0 Å². The summed E-state index contributed by atoms with van der Waals surface area (Å²) in [4.78, 5) is 2.40. The van der Waals surface area contributed by atoms with Gasteiger partial charge in [-0.15, -0.1) is 0 Å². The Labute approximate surface area is 138 Å². The lowest BCUT2D eigenvalue weighted by Crippen LogP contribution is -2.45. The molecule has 1 aliphatic rings. The Morgan fingerprint density at radius 2 is 1.96 bits per heavy atom. The van der Waals surface area contributed by atoms with Gasteiger partial charge in [0.15, 0.2) is 0 Å². The first-order valence-corrected chi connectivity index (χ1v) is 8.31. The van der Waals surface area contributed by atoms with Gasteiger partial charge >= 0.3 is 0 Å². The highest BCUT2D eigenvalue weighted by atomic mass is 19.1. The maximum atomic E-state index is 13.5. The van der Waals surface area contributed by atoms with Gasteiger partial charge in [0.2, 0.25) is 0 Å². The first kappa shape index (κ1) is 16.2. The summed E-state index contributed by atoms with van der Waals surface area (Å²) >= 11 is 0. The fraction of sp³-hybridized carbons (Fsp3) is 0.400. The van der Waals surface area contributed by atoms with E-state index in [2.05, 4.69) is 36.9 Å². The Morgan fingerprint density at radius 1 is 1.13 bits per heavy atom. The molecule has 0 bridgehead atoms. The normalized spacial score (nSPS) is 22.3. The van der Waals surface area contributed by atoms with Gasteiger partial charge in [-0.1, -0.05) is 35.9 Å². The van der Waals surface area contributed by atoms with Crippen molar-refractivity contribution in [3.8, 4) is 0 Å². The molecule has 1 saturated heterocycles. The first-order chi connectivity index (χ1) is 11.0. The van der Waals surface area contributed by atoms with Crippen molar-refractivity contribution in [2.75, 3.05) is 13.1 Å². The highest BCUT2D eigenvalue weighted by Gasteiger charge is 2.26. The van der Waals surface area contributed by atoms with E-state index in [4.69, 9.17) is 5.73 Å². The molecule has 0 spiro atoms. The van der Waals surface area contributed by atoms with Gasteiger partial charge in [-0.25, -0.2) is 4.39 Å². The van der Waals surface area contributed by atoms with Gasteiger partial charge in [0, 0.05) is 25.7 Å². The third-order valence-corrected chi connectivity index (χ3v) is 4.77. The molecule has 2 nitrogen and oxygen atoms in total. The fourth-order valence-corrected chi connectivity index (χ4v) is 3.63. The smallest absolute Gasteiger partial charge is 0.123 e. The van der Waals surface area contributed by atoms with Crippen LogP contribution in [0.2, 0.25) is 0 Å². The van der Waals surface area contributed by atoms with E-state index in [9.17, 15) is 4.39 Å². The summed E-state index contributed by atoms with van der Waals surface area (Å²) in [6.45, 7) is 7.03. The Bertz CT molecular complexity index is 683. The second-order valence-electron chi connectivity index (χ2n) is 6.87. The first-order valence-electron chi connectivity index (χ1n) is 8.31. The molecular formula is C20H25FN2. The quantitative estimate of drug-likeness (QED) is 0.935. The molecule has 122 valence electrons. The number of piperidine rings is 1. The van der Waals surface area contributed by atoms with Crippen molar-refractivity contribution in [3.05, 3.63) is 70.5 Å². The molecule has 3 heteroatoms. The predicted octanol–water partition coefficient (Wildman–Crippen LogP) is 3.76. The number of nitrogens with two attached hydrogens (primary N) is 1. The second-order valence-corrected chi connectivity index (χ2v) is 6.87. The number of likely N-dealkylation sites (tertiary alicyclic amines) is 1. The number of nitrogens with zero attached hydrogens (tertiary/aromatic N) is 1. The van der Waals surface area contributed by atoms with Crippen LogP contribution >= 0.6 is 0 Å². The predicted molar refractivity (Wildman–Crippen MR) is 92.9 cm³/mol. The largest absolute Gasteiger partial charge is 0.327 e. The zero-order valence-corrected chi connectivity index (χ0v) is 13.9. The van der Waals surface area contributed by atoms with Crippen LogP contribution in [0.1, 0.15) is 34.6 Å². The molecule has 2 aromatic rings. The van der Waals surface area contributed by atoms with Crippen molar-refractivity contribution in [2.24, 2.45) is 5.73 Å². The van der Waals surface area contributed by atoms with Crippen LogP contribution < -0.4 is 5.73 Å². The molecule has 23 heavy (non-hydrogen) atoms. The number of hydrogen-bond donors (Lipinski definition) is 1. The van der Waals surface area contributed by atoms with E-state index in [1.807, 2.05) is 6.07 Å². The van der Waals surface area contributed by atoms with E-state index in [1.165, 1.54) is 22.8 Å². The van der Waals surface area contributed by atoms with Crippen molar-refractivity contribution in [3.63, 3.8) is 0 Å². The monoisotopic (exact) mass is 312 g/mol. The topological polar surface area (TPSA) is 29.3 Å². The van der Waals surface area contributed by atoms with Gasteiger partial charge in [0.05, 0.1) is 0 Å². The maximum absolute atomic E-state index is 13.5. The second kappa shape index (κ2) is 6.81. The van der Waals surface area contributed by atoms with Gasteiger partial charge in [-0.05, 0) is 55.0 Å². The lowest BCUT2D eigenvalue weighted by Gasteiger charge is -2.37. The van der Waals surface area contributed by atoms with E-state index in [-0.39, 0.29) is 11.9 Å². The Balaban J connectivity index is 1.75. The molecule has 0 radical (unpaired) electrons. The molecule has 0 aromatic heterocycles. The number of rotatable bonds is 3. The molecular weight excluding hydrogens is 287 g/mol. The molecule has 0 aliphatic carbocycles. The lowest BCUT2D eigenvalue weighted by atomic mass is 9.88. The van der Waals surface area contributed by atoms with Crippen molar-refractivity contribution in [1.82, 2.24) is 4.90 Å². The minimum absolute atomic E-state index is 0.141. The molecule has 1 aliphatic heterocycles. The number of benzene rings is 2. The molecule has 2 aromatic carbocycles. The summed E-state index contributed by atoms with van der Waals surface area (Å²) in [7, 11) is 0. The maximum Gasteiger partial charge on any atom is 0.123 e. The molecule has 0 amide bonds. The number of halogens is 1. The lowest BCUT2D eigenvalue weighted by molar-refractivity contribution is 0.181. The standard InChI is InChI=1S/C20H25FN2/c1-14-6-7-17(15(2)8-14)11-23-12-18(10-20(22)13-23)16-4-3-5-19(21)9-16/h3-9,18,20H,10-13,22H2,1-2H3. The third-order valence-electron chi connectivity index (χ3n) is 4.77. The van der Waals surface area contributed by atoms with Crippen LogP contribution in [0.4, 0.5) is 4.39 Å². The van der Waals surface area contributed by atoms with Crippen LogP contribution in [0, 0.1) is 19.7 Å². The van der Waals surface area contributed by atoms with Crippen molar-refractivity contribution in [2.45, 2.75) is 38.8 Å². The summed E-state index contributed by atoms with van der Waals surface area (Å²) < 4.78 is 13.5. The van der Waals surface area contributed by atoms with Crippen LogP contribution in [-0.4, -0.2) is 24.0 Å². The summed E-state index contributed by atoms with van der Waals surface area (Å²) in [6.07, 6.45) is 0.923. The van der Waals surface area contributed by atoms with Crippen LogP contribution in [-0.2, 0) is 6.54 Å². The van der Waals surface area contributed by atoms with Crippen LogP contribution in [0.25, 0.3) is 0 Å². The Morgan fingerprint density at radius 3 is 2.70 bits per heavy atom. The molecule has 2 unspecified atom stereocenters. The van der Waals surface area contributed by atoms with E-state index in [0.29, 0.717) is 5.92 Å².